The molecule has 1 aliphatic heterocycles. The number of carbonyl (C=O) groups excluding carboxylic acids is 2. The molecular formula is C17H18ClN3O3. The molecule has 0 radical (unpaired) electrons. The van der Waals surface area contributed by atoms with E-state index in [0.29, 0.717) is 48.0 Å². The second kappa shape index (κ2) is 7.05. The predicted molar refractivity (Wildman–Crippen MR) is 89.1 cm³/mol. The number of aromatic nitrogens is 1. The highest BCUT2D eigenvalue weighted by atomic mass is 35.5. The van der Waals surface area contributed by atoms with E-state index < -0.39 is 0 Å². The summed E-state index contributed by atoms with van der Waals surface area (Å²) in [6.07, 6.45) is 1.41. The molecule has 0 atom stereocenters. The van der Waals surface area contributed by atoms with Gasteiger partial charge in [-0.25, -0.2) is 0 Å². The van der Waals surface area contributed by atoms with Crippen LogP contribution in [0.25, 0.3) is 0 Å². The molecule has 1 fully saturated rings. The number of rotatable bonds is 3. The number of hydrogen-bond donors (Lipinski definition) is 1. The highest BCUT2D eigenvalue weighted by Gasteiger charge is 2.26. The van der Waals surface area contributed by atoms with E-state index in [1.54, 1.807) is 42.2 Å². The number of amides is 2. The molecular weight excluding hydrogens is 330 g/mol. The van der Waals surface area contributed by atoms with Gasteiger partial charge in [0, 0.05) is 35.8 Å². The molecule has 0 unspecified atom stereocenters. The zero-order chi connectivity index (χ0) is 17.1. The lowest BCUT2D eigenvalue weighted by Gasteiger charge is -2.31. The van der Waals surface area contributed by atoms with Crippen molar-refractivity contribution < 1.29 is 14.1 Å². The van der Waals surface area contributed by atoms with E-state index in [4.69, 9.17) is 16.1 Å². The van der Waals surface area contributed by atoms with Gasteiger partial charge < -0.3 is 14.7 Å². The molecule has 6 nitrogen and oxygen atoms in total. The number of piperidine rings is 1. The largest absolute Gasteiger partial charge is 0.361 e. The summed E-state index contributed by atoms with van der Waals surface area (Å²) < 4.78 is 4.94. The number of benzene rings is 1. The van der Waals surface area contributed by atoms with Crippen LogP contribution in [-0.4, -0.2) is 41.0 Å². The summed E-state index contributed by atoms with van der Waals surface area (Å²) in [4.78, 5) is 26.3. The van der Waals surface area contributed by atoms with E-state index in [-0.39, 0.29) is 17.9 Å². The monoisotopic (exact) mass is 347 g/mol. The third kappa shape index (κ3) is 3.76. The van der Waals surface area contributed by atoms with Gasteiger partial charge in [-0.05, 0) is 38.0 Å². The molecule has 0 spiro atoms. The molecule has 0 saturated carbocycles. The Hall–Kier alpha value is -2.34. The standard InChI is InChI=1S/C17H18ClN3O3/c1-11-9-15(20-24-11)17(23)21-7-5-14(6-8-21)19-16(22)12-3-2-4-13(18)10-12/h2-4,9-10,14H,5-8H2,1H3,(H,19,22). The summed E-state index contributed by atoms with van der Waals surface area (Å²) >= 11 is 5.91. The average Bonchev–Trinajstić information content (AvgIpc) is 3.01. The molecule has 2 aromatic rings. The van der Waals surface area contributed by atoms with Crippen LogP contribution in [0.1, 0.15) is 39.4 Å². The van der Waals surface area contributed by atoms with E-state index in [9.17, 15) is 9.59 Å². The normalized spacial score (nSPS) is 15.3. The third-order valence-corrected chi connectivity index (χ3v) is 4.29. The van der Waals surface area contributed by atoms with Crippen molar-refractivity contribution in [3.8, 4) is 0 Å². The Morgan fingerprint density at radius 3 is 2.67 bits per heavy atom. The minimum atomic E-state index is -0.144. The summed E-state index contributed by atoms with van der Waals surface area (Å²) in [5, 5.41) is 7.29. The minimum absolute atomic E-state index is 0.0413. The Balaban J connectivity index is 1.53. The number of hydrogen-bond acceptors (Lipinski definition) is 4. The van der Waals surface area contributed by atoms with Crippen molar-refractivity contribution in [1.29, 1.82) is 0 Å². The van der Waals surface area contributed by atoms with Gasteiger partial charge in [-0.2, -0.15) is 0 Å². The molecule has 0 bridgehead atoms. The van der Waals surface area contributed by atoms with Crippen molar-refractivity contribution in [2.75, 3.05) is 13.1 Å². The fourth-order valence-electron chi connectivity index (χ4n) is 2.75. The second-order valence-electron chi connectivity index (χ2n) is 5.87. The number of carbonyl (C=O) groups is 2. The number of likely N-dealkylation sites (tertiary alicyclic amines) is 1. The van der Waals surface area contributed by atoms with Crippen molar-refractivity contribution >= 4 is 23.4 Å². The molecule has 1 aromatic carbocycles. The average molecular weight is 348 g/mol. The van der Waals surface area contributed by atoms with Crippen LogP contribution in [-0.2, 0) is 0 Å². The van der Waals surface area contributed by atoms with Gasteiger partial charge in [0.1, 0.15) is 5.76 Å². The van der Waals surface area contributed by atoms with Gasteiger partial charge in [0.05, 0.1) is 0 Å². The van der Waals surface area contributed by atoms with Gasteiger partial charge in [-0.1, -0.05) is 22.8 Å². The van der Waals surface area contributed by atoms with Crippen LogP contribution < -0.4 is 5.32 Å². The molecule has 2 amide bonds. The topological polar surface area (TPSA) is 75.4 Å². The van der Waals surface area contributed by atoms with E-state index >= 15 is 0 Å². The van der Waals surface area contributed by atoms with Crippen LogP contribution in [0.5, 0.6) is 0 Å². The fourth-order valence-corrected chi connectivity index (χ4v) is 2.94. The summed E-state index contributed by atoms with van der Waals surface area (Å²) in [5.74, 6) is 0.336. The Morgan fingerprint density at radius 2 is 2.04 bits per heavy atom. The van der Waals surface area contributed by atoms with Crippen LogP contribution in [0.4, 0.5) is 0 Å². The van der Waals surface area contributed by atoms with E-state index in [0.717, 1.165) is 0 Å². The van der Waals surface area contributed by atoms with Gasteiger partial charge in [-0.15, -0.1) is 0 Å². The molecule has 24 heavy (non-hydrogen) atoms. The first-order chi connectivity index (χ1) is 11.5. The molecule has 1 saturated heterocycles. The molecule has 126 valence electrons. The molecule has 0 aliphatic carbocycles. The van der Waals surface area contributed by atoms with E-state index in [2.05, 4.69) is 10.5 Å². The summed E-state index contributed by atoms with van der Waals surface area (Å²) in [7, 11) is 0. The van der Waals surface area contributed by atoms with E-state index in [1.165, 1.54) is 0 Å². The van der Waals surface area contributed by atoms with Gasteiger partial charge in [0.2, 0.25) is 0 Å². The first-order valence-electron chi connectivity index (χ1n) is 7.82. The van der Waals surface area contributed by atoms with Crippen LogP contribution in [0.3, 0.4) is 0 Å². The van der Waals surface area contributed by atoms with Crippen LogP contribution in [0.2, 0.25) is 5.02 Å². The Labute approximate surface area is 144 Å². The van der Waals surface area contributed by atoms with Gasteiger partial charge in [0.15, 0.2) is 5.69 Å². The fraction of sp³-hybridized carbons (Fsp3) is 0.353. The lowest BCUT2D eigenvalue weighted by molar-refractivity contribution is 0.0688. The van der Waals surface area contributed by atoms with Crippen molar-refractivity contribution in [3.05, 3.63) is 52.4 Å². The molecule has 1 aliphatic rings. The molecule has 7 heteroatoms. The predicted octanol–water partition coefficient (Wildman–Crippen LogP) is 2.67. The maximum atomic E-state index is 12.3. The van der Waals surface area contributed by atoms with Gasteiger partial charge in [0.25, 0.3) is 11.8 Å². The van der Waals surface area contributed by atoms with Gasteiger partial charge in [-0.3, -0.25) is 9.59 Å². The lowest BCUT2D eigenvalue weighted by Crippen LogP contribution is -2.46. The zero-order valence-corrected chi connectivity index (χ0v) is 14.0. The Bertz CT molecular complexity index is 751. The maximum Gasteiger partial charge on any atom is 0.276 e. The smallest absolute Gasteiger partial charge is 0.276 e. The summed E-state index contributed by atoms with van der Waals surface area (Å²) in [5.41, 5.74) is 0.869. The Kier molecular flexibility index (Phi) is 4.85. The minimum Gasteiger partial charge on any atom is -0.361 e. The number of nitrogens with one attached hydrogen (secondary N) is 1. The van der Waals surface area contributed by atoms with E-state index in [1.807, 2.05) is 0 Å². The first kappa shape index (κ1) is 16.5. The Morgan fingerprint density at radius 1 is 1.29 bits per heavy atom. The SMILES string of the molecule is Cc1cc(C(=O)N2CCC(NC(=O)c3cccc(Cl)c3)CC2)no1. The van der Waals surface area contributed by atoms with Crippen molar-refractivity contribution in [1.82, 2.24) is 15.4 Å². The number of aryl methyl sites for hydroxylation is 1. The van der Waals surface area contributed by atoms with Crippen molar-refractivity contribution in [3.63, 3.8) is 0 Å². The molecule has 1 N–H and O–H groups in total. The highest BCUT2D eigenvalue weighted by molar-refractivity contribution is 6.30. The highest BCUT2D eigenvalue weighted by Crippen LogP contribution is 2.16. The summed E-state index contributed by atoms with van der Waals surface area (Å²) in [6.45, 7) is 2.90. The molecule has 3 rings (SSSR count). The zero-order valence-electron chi connectivity index (χ0n) is 13.3. The molecule has 2 heterocycles. The van der Waals surface area contributed by atoms with Crippen LogP contribution in [0, 0.1) is 6.92 Å². The number of nitrogens with zero attached hydrogens (tertiary/aromatic N) is 2. The lowest BCUT2D eigenvalue weighted by atomic mass is 10.0. The number of halogens is 1. The quantitative estimate of drug-likeness (QED) is 0.926. The second-order valence-corrected chi connectivity index (χ2v) is 6.31. The third-order valence-electron chi connectivity index (χ3n) is 4.05. The first-order valence-corrected chi connectivity index (χ1v) is 8.20. The van der Waals surface area contributed by atoms with Crippen molar-refractivity contribution in [2.45, 2.75) is 25.8 Å². The van der Waals surface area contributed by atoms with Crippen molar-refractivity contribution in [2.24, 2.45) is 0 Å². The summed E-state index contributed by atoms with van der Waals surface area (Å²) in [6, 6.07) is 8.52. The van der Waals surface area contributed by atoms with Crippen LogP contribution >= 0.6 is 11.6 Å². The van der Waals surface area contributed by atoms with Crippen LogP contribution in [0.15, 0.2) is 34.9 Å². The van der Waals surface area contributed by atoms with Gasteiger partial charge >= 0.3 is 0 Å². The molecule has 1 aromatic heterocycles. The maximum absolute atomic E-state index is 12.3.